The highest BCUT2D eigenvalue weighted by molar-refractivity contribution is 5.93. The lowest BCUT2D eigenvalue weighted by Gasteiger charge is -2.30. The molecule has 2 saturated heterocycles. The number of nitrogens with one attached hydrogen (secondary N) is 1. The Balaban J connectivity index is 1.45. The van der Waals surface area contributed by atoms with Gasteiger partial charge in [0.05, 0.1) is 18.8 Å². The Morgan fingerprint density at radius 1 is 1.21 bits per heavy atom. The van der Waals surface area contributed by atoms with Gasteiger partial charge in [-0.25, -0.2) is 9.97 Å². The summed E-state index contributed by atoms with van der Waals surface area (Å²) in [6, 6.07) is 0. The molecule has 1 aromatic rings. The molecule has 0 saturated carbocycles. The lowest BCUT2D eigenvalue weighted by molar-refractivity contribution is 0.0398. The number of rotatable bonds is 5. The lowest BCUT2D eigenvalue weighted by Crippen LogP contribution is -2.39. The summed E-state index contributed by atoms with van der Waals surface area (Å²) in [6.07, 6.45) is 5.41. The molecule has 2 aliphatic rings. The molecule has 132 valence electrons. The van der Waals surface area contributed by atoms with E-state index in [1.54, 1.807) is 12.4 Å². The number of ether oxygens (including phenoxy) is 1. The molecule has 0 bridgehead atoms. The van der Waals surface area contributed by atoms with Crippen molar-refractivity contribution in [3.05, 3.63) is 18.0 Å². The van der Waals surface area contributed by atoms with Crippen LogP contribution in [0.4, 0.5) is 5.95 Å². The number of carbonyl (C=O) groups excluding carboxylic acids is 1. The SMILES string of the molecule is CC1CCN(C(=O)c2cnc(NCCN3CCOCC3)nc2)CC1. The Kier molecular flexibility index (Phi) is 5.98. The molecule has 7 nitrogen and oxygen atoms in total. The maximum Gasteiger partial charge on any atom is 0.256 e. The predicted molar refractivity (Wildman–Crippen MR) is 92.1 cm³/mol. The van der Waals surface area contributed by atoms with E-state index in [-0.39, 0.29) is 5.91 Å². The van der Waals surface area contributed by atoms with E-state index in [0.717, 1.165) is 65.3 Å². The third-order valence-corrected chi connectivity index (χ3v) is 4.78. The highest BCUT2D eigenvalue weighted by Crippen LogP contribution is 2.17. The number of amides is 1. The first kappa shape index (κ1) is 17.1. The van der Waals surface area contributed by atoms with Crippen molar-refractivity contribution in [1.82, 2.24) is 19.8 Å². The summed E-state index contributed by atoms with van der Waals surface area (Å²) in [5.74, 6) is 1.33. The van der Waals surface area contributed by atoms with Gasteiger partial charge in [-0.15, -0.1) is 0 Å². The molecular weight excluding hydrogens is 306 g/mol. The molecule has 0 aromatic carbocycles. The van der Waals surface area contributed by atoms with Crippen LogP contribution in [0.25, 0.3) is 0 Å². The first-order valence-corrected chi connectivity index (χ1v) is 8.87. The van der Waals surface area contributed by atoms with Crippen LogP contribution in [0.3, 0.4) is 0 Å². The molecule has 1 amide bonds. The summed E-state index contributed by atoms with van der Waals surface area (Å²) in [7, 11) is 0. The minimum Gasteiger partial charge on any atom is -0.379 e. The predicted octanol–water partition coefficient (Wildman–Crippen LogP) is 1.09. The van der Waals surface area contributed by atoms with Gasteiger partial charge < -0.3 is 15.0 Å². The first-order chi connectivity index (χ1) is 11.7. The van der Waals surface area contributed by atoms with E-state index in [1.807, 2.05) is 4.90 Å². The number of hydrogen-bond acceptors (Lipinski definition) is 6. The fourth-order valence-electron chi connectivity index (χ4n) is 3.07. The quantitative estimate of drug-likeness (QED) is 0.870. The molecule has 7 heteroatoms. The Bertz CT molecular complexity index is 522. The number of piperidine rings is 1. The van der Waals surface area contributed by atoms with Crippen LogP contribution in [-0.2, 0) is 4.74 Å². The van der Waals surface area contributed by atoms with E-state index >= 15 is 0 Å². The standard InChI is InChI=1S/C17H27N5O2/c1-14-2-5-22(6-3-14)16(23)15-12-19-17(20-13-15)18-4-7-21-8-10-24-11-9-21/h12-14H,2-11H2,1H3,(H,18,19,20). The summed E-state index contributed by atoms with van der Waals surface area (Å²) in [6.45, 7) is 9.21. The van der Waals surface area contributed by atoms with Gasteiger partial charge in [0, 0.05) is 51.7 Å². The Hall–Kier alpha value is -1.73. The topological polar surface area (TPSA) is 70.6 Å². The summed E-state index contributed by atoms with van der Waals surface area (Å²) >= 11 is 0. The zero-order chi connectivity index (χ0) is 16.8. The van der Waals surface area contributed by atoms with E-state index in [4.69, 9.17) is 4.74 Å². The molecule has 3 rings (SSSR count). The monoisotopic (exact) mass is 333 g/mol. The van der Waals surface area contributed by atoms with Crippen molar-refractivity contribution in [2.75, 3.05) is 57.8 Å². The molecule has 1 aromatic heterocycles. The minimum atomic E-state index is 0.0433. The average molecular weight is 333 g/mol. The molecule has 1 N–H and O–H groups in total. The third kappa shape index (κ3) is 4.64. The van der Waals surface area contributed by atoms with Gasteiger partial charge in [0.2, 0.25) is 5.95 Å². The number of nitrogens with zero attached hydrogens (tertiary/aromatic N) is 4. The Morgan fingerprint density at radius 2 is 1.88 bits per heavy atom. The molecule has 0 radical (unpaired) electrons. The van der Waals surface area contributed by atoms with Gasteiger partial charge in [-0.1, -0.05) is 6.92 Å². The minimum absolute atomic E-state index is 0.0433. The van der Waals surface area contributed by atoms with Crippen LogP contribution in [-0.4, -0.2) is 78.2 Å². The molecule has 0 spiro atoms. The fraction of sp³-hybridized carbons (Fsp3) is 0.706. The molecule has 0 atom stereocenters. The molecule has 3 heterocycles. The van der Waals surface area contributed by atoms with E-state index in [0.29, 0.717) is 17.4 Å². The Labute approximate surface area is 143 Å². The van der Waals surface area contributed by atoms with Gasteiger partial charge in [0.15, 0.2) is 0 Å². The summed E-state index contributed by atoms with van der Waals surface area (Å²) in [5, 5.41) is 3.21. The molecule has 0 aliphatic carbocycles. The van der Waals surface area contributed by atoms with Gasteiger partial charge >= 0.3 is 0 Å². The molecular formula is C17H27N5O2. The summed E-state index contributed by atoms with van der Waals surface area (Å²) in [4.78, 5) is 25.3. The van der Waals surface area contributed by atoms with Gasteiger partial charge in [-0.3, -0.25) is 9.69 Å². The third-order valence-electron chi connectivity index (χ3n) is 4.78. The second-order valence-electron chi connectivity index (χ2n) is 6.65. The van der Waals surface area contributed by atoms with E-state index < -0.39 is 0 Å². The van der Waals surface area contributed by atoms with Crippen molar-refractivity contribution >= 4 is 11.9 Å². The second-order valence-corrected chi connectivity index (χ2v) is 6.65. The van der Waals surface area contributed by atoms with Crippen LogP contribution < -0.4 is 5.32 Å². The maximum absolute atomic E-state index is 12.4. The van der Waals surface area contributed by atoms with Gasteiger partial charge in [-0.2, -0.15) is 0 Å². The van der Waals surface area contributed by atoms with Crippen LogP contribution >= 0.6 is 0 Å². The number of morpholine rings is 1. The average Bonchev–Trinajstić information content (AvgIpc) is 2.63. The zero-order valence-corrected chi connectivity index (χ0v) is 14.4. The van der Waals surface area contributed by atoms with Crippen LogP contribution in [0.5, 0.6) is 0 Å². The maximum atomic E-state index is 12.4. The van der Waals surface area contributed by atoms with Crippen molar-refractivity contribution in [1.29, 1.82) is 0 Å². The van der Waals surface area contributed by atoms with Gasteiger partial charge in [0.1, 0.15) is 0 Å². The lowest BCUT2D eigenvalue weighted by atomic mass is 9.99. The summed E-state index contributed by atoms with van der Waals surface area (Å²) < 4.78 is 5.33. The zero-order valence-electron chi connectivity index (χ0n) is 14.4. The van der Waals surface area contributed by atoms with Crippen LogP contribution in [0.2, 0.25) is 0 Å². The normalized spacial score (nSPS) is 20.1. The largest absolute Gasteiger partial charge is 0.379 e. The Morgan fingerprint density at radius 3 is 2.54 bits per heavy atom. The summed E-state index contributed by atoms with van der Waals surface area (Å²) in [5.41, 5.74) is 0.572. The van der Waals surface area contributed by atoms with Crippen LogP contribution in [0, 0.1) is 5.92 Å². The molecule has 24 heavy (non-hydrogen) atoms. The highest BCUT2D eigenvalue weighted by atomic mass is 16.5. The van der Waals surface area contributed by atoms with E-state index in [1.165, 1.54) is 0 Å². The van der Waals surface area contributed by atoms with Gasteiger partial charge in [-0.05, 0) is 18.8 Å². The van der Waals surface area contributed by atoms with Crippen molar-refractivity contribution < 1.29 is 9.53 Å². The second kappa shape index (κ2) is 8.39. The molecule has 2 fully saturated rings. The van der Waals surface area contributed by atoms with Crippen LogP contribution in [0.1, 0.15) is 30.1 Å². The number of anilines is 1. The number of carbonyl (C=O) groups is 1. The molecule has 0 unspecified atom stereocenters. The number of hydrogen-bond donors (Lipinski definition) is 1. The fourth-order valence-corrected chi connectivity index (χ4v) is 3.07. The van der Waals surface area contributed by atoms with Crippen molar-refractivity contribution in [3.63, 3.8) is 0 Å². The van der Waals surface area contributed by atoms with E-state index in [2.05, 4.69) is 27.1 Å². The smallest absolute Gasteiger partial charge is 0.256 e. The van der Waals surface area contributed by atoms with Gasteiger partial charge in [0.25, 0.3) is 5.91 Å². The first-order valence-electron chi connectivity index (χ1n) is 8.87. The molecule has 2 aliphatic heterocycles. The van der Waals surface area contributed by atoms with Crippen molar-refractivity contribution in [2.45, 2.75) is 19.8 Å². The van der Waals surface area contributed by atoms with Crippen molar-refractivity contribution in [3.8, 4) is 0 Å². The van der Waals surface area contributed by atoms with Crippen LogP contribution in [0.15, 0.2) is 12.4 Å². The number of aromatic nitrogens is 2. The number of likely N-dealkylation sites (tertiary alicyclic amines) is 1. The van der Waals surface area contributed by atoms with Crippen molar-refractivity contribution in [2.24, 2.45) is 5.92 Å². The van der Waals surface area contributed by atoms with E-state index in [9.17, 15) is 4.79 Å². The highest BCUT2D eigenvalue weighted by Gasteiger charge is 2.21.